The predicted molar refractivity (Wildman–Crippen MR) is 118 cm³/mol. The van der Waals surface area contributed by atoms with Crippen LogP contribution >= 0.6 is 15.9 Å². The molecule has 0 aliphatic heterocycles. The standard InChI is InChI=1S/C19H18BrN7O3/c1-30-8-7-27-6-2-3-14(17(27)28)23-16-12(20)10-21-18(26-16)22-11-4-5-13-15(9-11)25-19(29)24-13/h2-6,9-10H,7-8H2,1H3,(H2,24,25,29)(H2,21,22,23,26). The first-order valence-electron chi connectivity index (χ1n) is 9.00. The summed E-state index contributed by atoms with van der Waals surface area (Å²) in [5.74, 6) is 0.763. The maximum absolute atomic E-state index is 12.6. The van der Waals surface area contributed by atoms with Crippen LogP contribution in [0.2, 0.25) is 0 Å². The van der Waals surface area contributed by atoms with Gasteiger partial charge in [-0.25, -0.2) is 9.78 Å². The van der Waals surface area contributed by atoms with Gasteiger partial charge in [-0.3, -0.25) is 4.79 Å². The number of methoxy groups -OCH3 is 1. The normalized spacial score (nSPS) is 11.0. The summed E-state index contributed by atoms with van der Waals surface area (Å²) in [6, 6.07) is 8.82. The Morgan fingerprint density at radius 3 is 2.83 bits per heavy atom. The number of halogens is 1. The summed E-state index contributed by atoms with van der Waals surface area (Å²) < 4.78 is 7.20. The highest BCUT2D eigenvalue weighted by molar-refractivity contribution is 9.10. The van der Waals surface area contributed by atoms with E-state index in [-0.39, 0.29) is 11.2 Å². The van der Waals surface area contributed by atoms with Gasteiger partial charge in [-0.1, -0.05) is 0 Å². The van der Waals surface area contributed by atoms with E-state index in [4.69, 9.17) is 4.74 Å². The number of nitrogens with one attached hydrogen (secondary N) is 4. The van der Waals surface area contributed by atoms with E-state index in [0.29, 0.717) is 51.8 Å². The van der Waals surface area contributed by atoms with Gasteiger partial charge in [0.15, 0.2) is 5.82 Å². The van der Waals surface area contributed by atoms with Gasteiger partial charge < -0.3 is 29.9 Å². The van der Waals surface area contributed by atoms with Gasteiger partial charge in [-0.15, -0.1) is 0 Å². The molecule has 4 N–H and O–H groups in total. The monoisotopic (exact) mass is 471 g/mol. The van der Waals surface area contributed by atoms with Gasteiger partial charge in [0.25, 0.3) is 5.56 Å². The SMILES string of the molecule is COCCn1cccc(Nc2nc(Nc3ccc4[nH]c(=O)[nH]c4c3)ncc2Br)c1=O. The molecule has 11 heteroatoms. The summed E-state index contributed by atoms with van der Waals surface area (Å²) in [7, 11) is 1.59. The van der Waals surface area contributed by atoms with Gasteiger partial charge in [0.2, 0.25) is 5.95 Å². The summed E-state index contributed by atoms with van der Waals surface area (Å²) >= 11 is 3.41. The highest BCUT2D eigenvalue weighted by Crippen LogP contribution is 2.24. The molecule has 0 aliphatic rings. The van der Waals surface area contributed by atoms with Crippen LogP contribution in [0.15, 0.2) is 56.8 Å². The number of anilines is 4. The van der Waals surface area contributed by atoms with Crippen molar-refractivity contribution in [2.24, 2.45) is 0 Å². The number of aromatic amines is 2. The summed E-state index contributed by atoms with van der Waals surface area (Å²) in [5, 5.41) is 6.15. The number of pyridine rings is 1. The van der Waals surface area contributed by atoms with Crippen LogP contribution in [0.5, 0.6) is 0 Å². The van der Waals surface area contributed by atoms with Gasteiger partial charge in [0.05, 0.1) is 22.1 Å². The first-order chi connectivity index (χ1) is 14.5. The molecule has 0 atom stereocenters. The van der Waals surface area contributed by atoms with E-state index < -0.39 is 0 Å². The molecule has 154 valence electrons. The van der Waals surface area contributed by atoms with Crippen LogP contribution in [-0.2, 0) is 11.3 Å². The molecule has 4 rings (SSSR count). The van der Waals surface area contributed by atoms with Gasteiger partial charge in [0, 0.05) is 31.7 Å². The lowest BCUT2D eigenvalue weighted by atomic mass is 10.3. The topological polar surface area (TPSA) is 130 Å². The Kier molecular flexibility index (Phi) is 5.63. The van der Waals surface area contributed by atoms with Crippen LogP contribution in [0.1, 0.15) is 0 Å². The van der Waals surface area contributed by atoms with Crippen LogP contribution in [0.4, 0.5) is 23.1 Å². The molecule has 0 radical (unpaired) electrons. The van der Waals surface area contributed by atoms with Gasteiger partial charge in [0.1, 0.15) is 5.69 Å². The Labute approximate surface area is 178 Å². The summed E-state index contributed by atoms with van der Waals surface area (Å²) in [4.78, 5) is 38.1. The molecule has 4 aromatic rings. The zero-order chi connectivity index (χ0) is 21.1. The van der Waals surface area contributed by atoms with Crippen molar-refractivity contribution in [3.63, 3.8) is 0 Å². The van der Waals surface area contributed by atoms with Crippen molar-refractivity contribution in [3.05, 3.63) is 68.0 Å². The van der Waals surface area contributed by atoms with E-state index in [1.165, 1.54) is 0 Å². The molecule has 0 fully saturated rings. The first kappa shape index (κ1) is 19.9. The predicted octanol–water partition coefficient (Wildman–Crippen LogP) is 2.70. The Morgan fingerprint density at radius 1 is 1.17 bits per heavy atom. The van der Waals surface area contributed by atoms with Crippen molar-refractivity contribution < 1.29 is 4.74 Å². The summed E-state index contributed by atoms with van der Waals surface area (Å²) in [5.41, 5.74) is 2.00. The fourth-order valence-electron chi connectivity index (χ4n) is 2.88. The number of rotatable bonds is 7. The Hall–Kier alpha value is -3.44. The van der Waals surface area contributed by atoms with E-state index in [9.17, 15) is 9.59 Å². The second-order valence-corrected chi connectivity index (χ2v) is 7.25. The number of imidazole rings is 1. The van der Waals surface area contributed by atoms with Crippen molar-refractivity contribution >= 4 is 50.1 Å². The first-order valence-corrected chi connectivity index (χ1v) is 9.80. The van der Waals surface area contributed by atoms with E-state index in [1.807, 2.05) is 0 Å². The number of aromatic nitrogens is 5. The molecule has 0 saturated carbocycles. The third kappa shape index (κ3) is 4.26. The van der Waals surface area contributed by atoms with E-state index in [2.05, 4.69) is 46.5 Å². The van der Waals surface area contributed by atoms with E-state index in [0.717, 1.165) is 0 Å². The molecule has 3 aromatic heterocycles. The van der Waals surface area contributed by atoms with Crippen LogP contribution in [-0.4, -0.2) is 38.2 Å². The number of H-pyrrole nitrogens is 2. The molecule has 0 bridgehead atoms. The molecule has 0 saturated heterocycles. The smallest absolute Gasteiger partial charge is 0.323 e. The van der Waals surface area contributed by atoms with Crippen molar-refractivity contribution in [1.82, 2.24) is 24.5 Å². The molecular formula is C19H18BrN7O3. The van der Waals surface area contributed by atoms with Gasteiger partial charge in [-0.05, 0) is 46.3 Å². The van der Waals surface area contributed by atoms with Crippen molar-refractivity contribution in [1.29, 1.82) is 0 Å². The van der Waals surface area contributed by atoms with Crippen LogP contribution < -0.4 is 21.9 Å². The van der Waals surface area contributed by atoms with Crippen LogP contribution in [0, 0.1) is 0 Å². The quantitative estimate of drug-likeness (QED) is 0.326. The van der Waals surface area contributed by atoms with Gasteiger partial charge in [-0.2, -0.15) is 4.98 Å². The molecule has 3 heterocycles. The number of nitrogens with zero attached hydrogens (tertiary/aromatic N) is 3. The fraction of sp³-hybridized carbons (Fsp3) is 0.158. The third-order valence-corrected chi connectivity index (χ3v) is 4.91. The number of benzene rings is 1. The van der Waals surface area contributed by atoms with Gasteiger partial charge >= 0.3 is 5.69 Å². The molecule has 0 spiro atoms. The maximum Gasteiger partial charge on any atom is 0.323 e. The third-order valence-electron chi connectivity index (χ3n) is 4.33. The highest BCUT2D eigenvalue weighted by Gasteiger charge is 2.10. The zero-order valence-electron chi connectivity index (χ0n) is 15.9. The number of hydrogen-bond donors (Lipinski definition) is 4. The Bertz CT molecular complexity index is 1310. The van der Waals surface area contributed by atoms with Crippen molar-refractivity contribution in [3.8, 4) is 0 Å². The minimum absolute atomic E-state index is 0.184. The van der Waals surface area contributed by atoms with E-state index >= 15 is 0 Å². The molecule has 30 heavy (non-hydrogen) atoms. The largest absolute Gasteiger partial charge is 0.383 e. The minimum Gasteiger partial charge on any atom is -0.383 e. The molecule has 0 unspecified atom stereocenters. The van der Waals surface area contributed by atoms with E-state index in [1.54, 1.807) is 54.4 Å². The second kappa shape index (κ2) is 8.51. The van der Waals surface area contributed by atoms with Crippen molar-refractivity contribution in [2.75, 3.05) is 24.4 Å². The molecule has 0 amide bonds. The van der Waals surface area contributed by atoms with Crippen molar-refractivity contribution in [2.45, 2.75) is 6.54 Å². The average Bonchev–Trinajstić information content (AvgIpc) is 3.10. The Morgan fingerprint density at radius 2 is 2.00 bits per heavy atom. The lowest BCUT2D eigenvalue weighted by Crippen LogP contribution is -2.23. The fourth-order valence-corrected chi connectivity index (χ4v) is 3.17. The number of fused-ring (bicyclic) bond motifs is 1. The average molecular weight is 472 g/mol. The number of hydrogen-bond acceptors (Lipinski definition) is 7. The molecule has 10 nitrogen and oxygen atoms in total. The molecular weight excluding hydrogens is 454 g/mol. The molecule has 1 aromatic carbocycles. The zero-order valence-corrected chi connectivity index (χ0v) is 17.5. The minimum atomic E-state index is -0.271. The molecule has 0 aliphatic carbocycles. The lowest BCUT2D eigenvalue weighted by molar-refractivity contribution is 0.186. The van der Waals surface area contributed by atoms with Crippen LogP contribution in [0.25, 0.3) is 11.0 Å². The summed E-state index contributed by atoms with van der Waals surface area (Å²) in [6.45, 7) is 0.887. The number of ether oxygens (including phenoxy) is 1. The lowest BCUT2D eigenvalue weighted by Gasteiger charge is -2.11. The Balaban J connectivity index is 1.59. The highest BCUT2D eigenvalue weighted by atomic mass is 79.9. The van der Waals surface area contributed by atoms with Crippen LogP contribution in [0.3, 0.4) is 0 Å². The maximum atomic E-state index is 12.6. The second-order valence-electron chi connectivity index (χ2n) is 6.39. The summed E-state index contributed by atoms with van der Waals surface area (Å²) in [6.07, 6.45) is 3.29.